The molecule has 0 saturated heterocycles. The number of hydrogen-bond donors (Lipinski definition) is 2. The lowest BCUT2D eigenvalue weighted by atomic mass is 10.3. The van der Waals surface area contributed by atoms with Crippen LogP contribution in [0.2, 0.25) is 10.2 Å². The summed E-state index contributed by atoms with van der Waals surface area (Å²) in [5.74, 6) is 0.245. The van der Waals surface area contributed by atoms with Crippen molar-refractivity contribution in [2.45, 2.75) is 11.7 Å². The second-order valence-corrected chi connectivity index (χ2v) is 6.31. The summed E-state index contributed by atoms with van der Waals surface area (Å²) in [6.07, 6.45) is 0. The third-order valence-corrected chi connectivity index (χ3v) is 4.45. The lowest BCUT2D eigenvalue weighted by Gasteiger charge is -2.08. The van der Waals surface area contributed by atoms with E-state index in [1.165, 1.54) is 11.8 Å². The molecule has 3 amide bonds. The Morgan fingerprint density at radius 2 is 1.95 bits per heavy atom. The summed E-state index contributed by atoms with van der Waals surface area (Å²) < 4.78 is 1.71. The van der Waals surface area contributed by atoms with Crippen LogP contribution in [0.3, 0.4) is 0 Å². The number of urea groups is 1. The van der Waals surface area contributed by atoms with Crippen molar-refractivity contribution in [3.63, 3.8) is 0 Å². The predicted molar refractivity (Wildman–Crippen MR) is 85.9 cm³/mol. The van der Waals surface area contributed by atoms with Crippen LogP contribution in [0, 0.1) is 0 Å². The van der Waals surface area contributed by atoms with Gasteiger partial charge in [0.15, 0.2) is 10.3 Å². The molecular formula is C13H10Cl2N4O2S. The van der Waals surface area contributed by atoms with Gasteiger partial charge in [0.05, 0.1) is 0 Å². The normalized spacial score (nSPS) is 12.8. The Balaban J connectivity index is 1.69. The predicted octanol–water partition coefficient (Wildman–Crippen LogP) is 3.26. The van der Waals surface area contributed by atoms with Gasteiger partial charge in [-0.15, -0.1) is 0 Å². The molecule has 0 unspecified atom stereocenters. The van der Waals surface area contributed by atoms with Crippen molar-refractivity contribution in [1.82, 2.24) is 14.9 Å². The topological polar surface area (TPSA) is 76.0 Å². The molecule has 0 radical (unpaired) electrons. The van der Waals surface area contributed by atoms with Crippen molar-refractivity contribution in [3.05, 3.63) is 40.1 Å². The number of aromatic nitrogens is 2. The fourth-order valence-electron chi connectivity index (χ4n) is 2.02. The van der Waals surface area contributed by atoms with E-state index in [9.17, 15) is 9.59 Å². The Hall–Kier alpha value is -1.70. The molecule has 1 aromatic heterocycles. The third-order valence-electron chi connectivity index (χ3n) is 2.98. The lowest BCUT2D eigenvalue weighted by Crippen LogP contribution is -2.35. The van der Waals surface area contributed by atoms with E-state index >= 15 is 0 Å². The van der Waals surface area contributed by atoms with Crippen LogP contribution >= 0.6 is 35.0 Å². The number of carbonyl (C=O) groups excluding carboxylic acids is 2. The van der Waals surface area contributed by atoms with Crippen LogP contribution in [-0.2, 0) is 6.54 Å². The first-order valence-electron chi connectivity index (χ1n) is 6.31. The largest absolute Gasteiger partial charge is 0.326 e. The van der Waals surface area contributed by atoms with Gasteiger partial charge in [0.25, 0.3) is 5.91 Å². The van der Waals surface area contributed by atoms with Gasteiger partial charge in [-0.05, 0) is 24.3 Å². The molecule has 6 nitrogen and oxygen atoms in total. The number of carbonyl (C=O) groups is 2. The molecule has 2 aromatic rings. The number of anilines is 1. The molecule has 2 heterocycles. The van der Waals surface area contributed by atoms with E-state index in [-0.39, 0.29) is 10.8 Å². The number of nitrogens with one attached hydrogen (secondary N) is 2. The number of rotatable bonds is 2. The maximum Gasteiger partial charge on any atom is 0.326 e. The van der Waals surface area contributed by atoms with Crippen LogP contribution in [0.1, 0.15) is 10.5 Å². The fourth-order valence-corrected chi connectivity index (χ4v) is 3.42. The van der Waals surface area contributed by atoms with Gasteiger partial charge in [0, 0.05) is 23.0 Å². The van der Waals surface area contributed by atoms with Gasteiger partial charge >= 0.3 is 6.03 Å². The van der Waals surface area contributed by atoms with E-state index in [1.807, 2.05) is 0 Å². The van der Waals surface area contributed by atoms with Crippen molar-refractivity contribution in [1.29, 1.82) is 0 Å². The van der Waals surface area contributed by atoms with Crippen molar-refractivity contribution in [2.24, 2.45) is 0 Å². The minimum absolute atomic E-state index is 0.0963. The van der Waals surface area contributed by atoms with E-state index in [0.717, 1.165) is 5.75 Å². The summed E-state index contributed by atoms with van der Waals surface area (Å²) in [5.41, 5.74) is 0.725. The van der Waals surface area contributed by atoms with Crippen LogP contribution < -0.4 is 10.6 Å². The molecule has 0 fully saturated rings. The van der Waals surface area contributed by atoms with E-state index < -0.39 is 11.9 Å². The molecule has 1 aliphatic heterocycles. The van der Waals surface area contributed by atoms with Crippen molar-refractivity contribution >= 4 is 52.6 Å². The van der Waals surface area contributed by atoms with Crippen LogP contribution in [-0.4, -0.2) is 27.2 Å². The van der Waals surface area contributed by atoms with E-state index in [2.05, 4.69) is 15.6 Å². The molecule has 22 heavy (non-hydrogen) atoms. The number of benzene rings is 1. The Labute approximate surface area is 140 Å². The lowest BCUT2D eigenvalue weighted by molar-refractivity contribution is 0.0958. The number of amides is 3. The molecule has 1 aromatic carbocycles. The average Bonchev–Trinajstić information content (AvgIpc) is 3.00. The summed E-state index contributed by atoms with van der Waals surface area (Å²) in [5, 5.41) is 6.12. The zero-order valence-corrected chi connectivity index (χ0v) is 13.4. The quantitative estimate of drug-likeness (QED) is 0.865. The first kappa shape index (κ1) is 15.2. The van der Waals surface area contributed by atoms with Crippen LogP contribution in [0.15, 0.2) is 29.4 Å². The summed E-state index contributed by atoms with van der Waals surface area (Å²) in [7, 11) is 0. The molecular weight excluding hydrogens is 347 g/mol. The number of imidazole rings is 1. The maximum atomic E-state index is 12.2. The number of nitrogens with zero attached hydrogens (tertiary/aromatic N) is 2. The Bertz CT molecular complexity index is 745. The monoisotopic (exact) mass is 356 g/mol. The smallest absolute Gasteiger partial charge is 0.313 e. The Morgan fingerprint density at radius 3 is 2.68 bits per heavy atom. The molecule has 0 saturated carbocycles. The summed E-state index contributed by atoms with van der Waals surface area (Å²) >= 11 is 13.2. The van der Waals surface area contributed by atoms with Gasteiger partial charge in [-0.3, -0.25) is 10.1 Å². The number of fused-ring (bicyclic) bond motifs is 1. The second kappa shape index (κ2) is 6.20. The first-order valence-corrected chi connectivity index (χ1v) is 8.05. The Morgan fingerprint density at radius 1 is 1.23 bits per heavy atom. The summed E-state index contributed by atoms with van der Waals surface area (Å²) in [6.45, 7) is 0.640. The zero-order chi connectivity index (χ0) is 15.7. The van der Waals surface area contributed by atoms with Crippen molar-refractivity contribution < 1.29 is 9.59 Å². The fraction of sp³-hybridized carbons (Fsp3) is 0.154. The zero-order valence-electron chi connectivity index (χ0n) is 11.1. The molecule has 0 spiro atoms. The number of halogens is 2. The van der Waals surface area contributed by atoms with Gasteiger partial charge in [0.1, 0.15) is 5.69 Å². The van der Waals surface area contributed by atoms with Crippen LogP contribution in [0.25, 0.3) is 0 Å². The number of hydrogen-bond acceptors (Lipinski definition) is 4. The van der Waals surface area contributed by atoms with Crippen molar-refractivity contribution in [3.8, 4) is 0 Å². The van der Waals surface area contributed by atoms with Gasteiger partial charge in [-0.2, -0.15) is 0 Å². The molecule has 114 valence electrons. The van der Waals surface area contributed by atoms with E-state index in [0.29, 0.717) is 22.4 Å². The van der Waals surface area contributed by atoms with Crippen LogP contribution in [0.4, 0.5) is 10.5 Å². The molecule has 0 atom stereocenters. The second-order valence-electron chi connectivity index (χ2n) is 4.45. The van der Waals surface area contributed by atoms with Crippen LogP contribution in [0.5, 0.6) is 0 Å². The standard InChI is InChI=1S/C13H10Cl2N4O2S/c14-7-1-3-8(4-2-7)16-12(21)18-11(20)9-10(15)17-13-19(9)5-6-22-13/h1-4H,5-6H2,(H2,16,18,20,21). The highest BCUT2D eigenvalue weighted by Crippen LogP contribution is 2.30. The van der Waals surface area contributed by atoms with Crippen molar-refractivity contribution in [2.75, 3.05) is 11.1 Å². The third kappa shape index (κ3) is 3.06. The molecule has 9 heteroatoms. The molecule has 2 N–H and O–H groups in total. The van der Waals surface area contributed by atoms with Gasteiger partial charge < -0.3 is 9.88 Å². The summed E-state index contributed by atoms with van der Waals surface area (Å²) in [4.78, 5) is 28.2. The minimum atomic E-state index is -0.649. The SMILES string of the molecule is O=C(NC(=O)c1c(Cl)nc2n1CCS2)Nc1ccc(Cl)cc1. The number of imide groups is 1. The highest BCUT2D eigenvalue weighted by Gasteiger charge is 2.26. The van der Waals surface area contributed by atoms with Gasteiger partial charge in [0.2, 0.25) is 0 Å². The van der Waals surface area contributed by atoms with E-state index in [4.69, 9.17) is 23.2 Å². The van der Waals surface area contributed by atoms with E-state index in [1.54, 1.807) is 28.8 Å². The average molecular weight is 357 g/mol. The summed E-state index contributed by atoms with van der Waals surface area (Å²) in [6, 6.07) is 5.89. The highest BCUT2D eigenvalue weighted by atomic mass is 35.5. The molecule has 0 aliphatic carbocycles. The highest BCUT2D eigenvalue weighted by molar-refractivity contribution is 7.99. The molecule has 1 aliphatic rings. The van der Waals surface area contributed by atoms with Gasteiger partial charge in [-0.25, -0.2) is 9.78 Å². The number of thioether (sulfide) groups is 1. The van der Waals surface area contributed by atoms with Gasteiger partial charge in [-0.1, -0.05) is 35.0 Å². The molecule has 3 rings (SSSR count). The Kier molecular flexibility index (Phi) is 4.28. The first-order chi connectivity index (χ1) is 10.5. The minimum Gasteiger partial charge on any atom is -0.313 e. The molecule has 0 bridgehead atoms. The maximum absolute atomic E-state index is 12.2.